The molecule has 1 N–H and O–H groups in total. The minimum absolute atomic E-state index is 0.347. The highest BCUT2D eigenvalue weighted by atomic mass is 19.4. The molecule has 0 saturated carbocycles. The second kappa shape index (κ2) is 9.03. The van der Waals surface area contributed by atoms with Gasteiger partial charge in [0, 0.05) is 51.7 Å². The van der Waals surface area contributed by atoms with Crippen LogP contribution in [0.25, 0.3) is 5.82 Å². The van der Waals surface area contributed by atoms with Crippen LogP contribution in [0.3, 0.4) is 0 Å². The summed E-state index contributed by atoms with van der Waals surface area (Å²) in [5.74, 6) is 1.43. The van der Waals surface area contributed by atoms with E-state index >= 15 is 0 Å². The molecule has 3 heterocycles. The Morgan fingerprint density at radius 1 is 1.20 bits per heavy atom. The third-order valence-electron chi connectivity index (χ3n) is 5.33. The average molecular weight is 423 g/mol. The Morgan fingerprint density at radius 3 is 2.40 bits per heavy atom. The largest absolute Gasteiger partial charge is 0.403 e. The Balaban J connectivity index is 1.54. The van der Waals surface area contributed by atoms with Gasteiger partial charge in [0.1, 0.15) is 6.04 Å². The molecule has 0 aromatic carbocycles. The Hall–Kier alpha value is -2.62. The number of pyridine rings is 1. The zero-order valence-corrected chi connectivity index (χ0v) is 17.7. The molecule has 30 heavy (non-hydrogen) atoms. The number of piperazine rings is 1. The number of aliphatic imine (C=N–C) groups is 1. The van der Waals surface area contributed by atoms with Gasteiger partial charge in [0.05, 0.1) is 5.69 Å². The van der Waals surface area contributed by atoms with Crippen LogP contribution >= 0.6 is 0 Å². The van der Waals surface area contributed by atoms with E-state index in [0.29, 0.717) is 38.7 Å². The number of hydrogen-bond donors (Lipinski definition) is 1. The molecular weight excluding hydrogens is 395 g/mol. The topological polar surface area (TPSA) is 61.6 Å². The highest BCUT2D eigenvalue weighted by molar-refractivity contribution is 5.80. The van der Waals surface area contributed by atoms with Crippen LogP contribution in [-0.4, -0.2) is 76.0 Å². The number of guanidine groups is 1. The number of aromatic nitrogens is 3. The normalized spacial score (nSPS) is 17.3. The minimum Gasteiger partial charge on any atom is -0.352 e. The van der Waals surface area contributed by atoms with Crippen molar-refractivity contribution in [3.05, 3.63) is 41.3 Å². The number of nitrogens with one attached hydrogen (secondary N) is 1. The van der Waals surface area contributed by atoms with Crippen molar-refractivity contribution in [1.82, 2.24) is 29.9 Å². The molecule has 2 aromatic rings. The first-order valence-electron chi connectivity index (χ1n) is 9.94. The maximum Gasteiger partial charge on any atom is 0.403 e. The van der Waals surface area contributed by atoms with Gasteiger partial charge in [-0.1, -0.05) is 6.07 Å². The van der Waals surface area contributed by atoms with Gasteiger partial charge in [0.15, 0.2) is 11.8 Å². The van der Waals surface area contributed by atoms with E-state index < -0.39 is 12.2 Å². The number of hydrogen-bond acceptors (Lipinski definition) is 4. The van der Waals surface area contributed by atoms with Crippen molar-refractivity contribution >= 4 is 5.96 Å². The maximum absolute atomic E-state index is 12.9. The van der Waals surface area contributed by atoms with Crippen LogP contribution in [0.2, 0.25) is 0 Å². The van der Waals surface area contributed by atoms with E-state index in [1.807, 2.05) is 36.9 Å². The summed E-state index contributed by atoms with van der Waals surface area (Å²) in [6.45, 7) is 7.35. The third-order valence-corrected chi connectivity index (χ3v) is 5.33. The van der Waals surface area contributed by atoms with E-state index in [1.165, 1.54) is 11.8 Å². The van der Waals surface area contributed by atoms with E-state index in [9.17, 15) is 13.2 Å². The highest BCUT2D eigenvalue weighted by Gasteiger charge is 2.41. The van der Waals surface area contributed by atoms with Gasteiger partial charge in [0.25, 0.3) is 0 Å². The molecule has 2 aromatic heterocycles. The van der Waals surface area contributed by atoms with E-state index in [1.54, 1.807) is 17.9 Å². The Labute approximate surface area is 174 Å². The SMILES string of the molecule is CN=C(NCc1ccc(-n2nc(C)cc2C)nc1)N1CCN(C(C)C(F)(F)F)CC1. The lowest BCUT2D eigenvalue weighted by atomic mass is 10.2. The molecule has 1 unspecified atom stereocenters. The molecule has 7 nitrogen and oxygen atoms in total. The second-order valence-corrected chi connectivity index (χ2v) is 7.50. The summed E-state index contributed by atoms with van der Waals surface area (Å²) in [5.41, 5.74) is 2.93. The van der Waals surface area contributed by atoms with Crippen LogP contribution in [0.5, 0.6) is 0 Å². The summed E-state index contributed by atoms with van der Waals surface area (Å²) < 4.78 is 40.6. The molecular formula is C20H28F3N7. The summed E-state index contributed by atoms with van der Waals surface area (Å²) in [5, 5.41) is 7.71. The number of aryl methyl sites for hydroxylation is 2. The van der Waals surface area contributed by atoms with Crippen LogP contribution in [0, 0.1) is 13.8 Å². The highest BCUT2D eigenvalue weighted by Crippen LogP contribution is 2.25. The minimum atomic E-state index is -4.20. The molecule has 0 amide bonds. The Kier molecular flexibility index (Phi) is 6.64. The predicted molar refractivity (Wildman–Crippen MR) is 110 cm³/mol. The van der Waals surface area contributed by atoms with Gasteiger partial charge in [-0.15, -0.1) is 0 Å². The first kappa shape index (κ1) is 22.1. The van der Waals surface area contributed by atoms with Crippen molar-refractivity contribution in [2.45, 2.75) is 39.5 Å². The number of halogens is 3. The van der Waals surface area contributed by atoms with Crippen molar-refractivity contribution in [2.75, 3.05) is 33.2 Å². The fourth-order valence-electron chi connectivity index (χ4n) is 3.55. The van der Waals surface area contributed by atoms with Crippen molar-refractivity contribution in [2.24, 2.45) is 4.99 Å². The molecule has 1 saturated heterocycles. The first-order chi connectivity index (χ1) is 14.2. The van der Waals surface area contributed by atoms with Crippen molar-refractivity contribution in [3.63, 3.8) is 0 Å². The average Bonchev–Trinajstić information content (AvgIpc) is 3.06. The van der Waals surface area contributed by atoms with Gasteiger partial charge in [-0.25, -0.2) is 9.67 Å². The molecule has 0 bridgehead atoms. The lowest BCUT2D eigenvalue weighted by Gasteiger charge is -2.39. The monoisotopic (exact) mass is 423 g/mol. The third kappa shape index (κ3) is 5.10. The maximum atomic E-state index is 12.9. The lowest BCUT2D eigenvalue weighted by Crippen LogP contribution is -2.56. The van der Waals surface area contributed by atoms with Crippen LogP contribution in [0.4, 0.5) is 13.2 Å². The summed E-state index contributed by atoms with van der Waals surface area (Å²) in [6.07, 6.45) is -2.41. The van der Waals surface area contributed by atoms with Crippen LogP contribution < -0.4 is 5.32 Å². The van der Waals surface area contributed by atoms with Gasteiger partial charge in [0.2, 0.25) is 0 Å². The molecule has 0 radical (unpaired) electrons. The summed E-state index contributed by atoms with van der Waals surface area (Å²) in [7, 11) is 1.68. The van der Waals surface area contributed by atoms with Gasteiger partial charge in [-0.2, -0.15) is 18.3 Å². The van der Waals surface area contributed by atoms with Crippen LogP contribution in [0.15, 0.2) is 29.4 Å². The van der Waals surface area contributed by atoms with Crippen LogP contribution in [-0.2, 0) is 6.54 Å². The van der Waals surface area contributed by atoms with E-state index in [4.69, 9.17) is 0 Å². The van der Waals surface area contributed by atoms with E-state index in [0.717, 1.165) is 22.8 Å². The molecule has 0 spiro atoms. The molecule has 0 aliphatic carbocycles. The molecule has 1 aliphatic rings. The van der Waals surface area contributed by atoms with Gasteiger partial charge in [-0.05, 0) is 38.5 Å². The Bertz CT molecular complexity index is 866. The summed E-state index contributed by atoms with van der Waals surface area (Å²) >= 11 is 0. The van der Waals surface area contributed by atoms with Gasteiger partial charge < -0.3 is 10.2 Å². The molecule has 3 rings (SSSR count). The zero-order chi connectivity index (χ0) is 21.9. The molecule has 1 fully saturated rings. The number of alkyl halides is 3. The molecule has 164 valence electrons. The smallest absolute Gasteiger partial charge is 0.352 e. The standard InChI is InChI=1S/C20H28F3N7/c1-14-11-15(2)30(27-14)18-6-5-17(12-25-18)13-26-19(24-4)29-9-7-28(8-10-29)16(3)20(21,22)23/h5-6,11-12,16H,7-10,13H2,1-4H3,(H,24,26). The fraction of sp³-hybridized carbons (Fsp3) is 0.550. The lowest BCUT2D eigenvalue weighted by molar-refractivity contribution is -0.181. The molecule has 1 atom stereocenters. The molecule has 1 aliphatic heterocycles. The van der Waals surface area contributed by atoms with Crippen LogP contribution in [0.1, 0.15) is 23.9 Å². The molecule has 10 heteroatoms. The van der Waals surface area contributed by atoms with Crippen molar-refractivity contribution in [1.29, 1.82) is 0 Å². The van der Waals surface area contributed by atoms with Gasteiger partial charge >= 0.3 is 6.18 Å². The number of nitrogens with zero attached hydrogens (tertiary/aromatic N) is 6. The van der Waals surface area contributed by atoms with Crippen molar-refractivity contribution < 1.29 is 13.2 Å². The summed E-state index contributed by atoms with van der Waals surface area (Å²) in [6, 6.07) is 4.45. The summed E-state index contributed by atoms with van der Waals surface area (Å²) in [4.78, 5) is 12.2. The predicted octanol–water partition coefficient (Wildman–Crippen LogP) is 2.53. The van der Waals surface area contributed by atoms with Crippen molar-refractivity contribution in [3.8, 4) is 5.82 Å². The van der Waals surface area contributed by atoms with Gasteiger partial charge in [-0.3, -0.25) is 9.89 Å². The zero-order valence-electron chi connectivity index (χ0n) is 17.7. The second-order valence-electron chi connectivity index (χ2n) is 7.50. The van der Waals surface area contributed by atoms with E-state index in [2.05, 4.69) is 20.4 Å². The quantitative estimate of drug-likeness (QED) is 0.605. The fourth-order valence-corrected chi connectivity index (χ4v) is 3.55. The van der Waals surface area contributed by atoms with E-state index in [-0.39, 0.29) is 0 Å². The Morgan fingerprint density at radius 2 is 1.90 bits per heavy atom. The number of rotatable bonds is 4. The first-order valence-corrected chi connectivity index (χ1v) is 9.94.